The van der Waals surface area contributed by atoms with Crippen molar-refractivity contribution in [3.63, 3.8) is 0 Å². The number of rotatable bonds is 3. The van der Waals surface area contributed by atoms with Crippen molar-refractivity contribution in [3.05, 3.63) is 28.3 Å². The summed E-state index contributed by atoms with van der Waals surface area (Å²) in [6, 6.07) is 2.68. The Morgan fingerprint density at radius 2 is 2.00 bits per heavy atom. The molecule has 0 atom stereocenters. The monoisotopic (exact) mass is 307 g/mol. The fourth-order valence-corrected chi connectivity index (χ4v) is 2.59. The number of hydrogen-bond acceptors (Lipinski definition) is 3. The second-order valence-corrected chi connectivity index (χ2v) is 7.24. The summed E-state index contributed by atoms with van der Waals surface area (Å²) in [6.45, 7) is 1.66. The molecule has 4 nitrogen and oxygen atoms in total. The molecular weight excluding hydrogens is 297 g/mol. The van der Waals surface area contributed by atoms with Gasteiger partial charge in [-0.2, -0.15) is 0 Å². The summed E-state index contributed by atoms with van der Waals surface area (Å²) in [5.74, 6) is -0.320. The first kappa shape index (κ1) is 13.6. The summed E-state index contributed by atoms with van der Waals surface area (Å²) in [5.41, 5.74) is 0.785. The van der Waals surface area contributed by atoms with Crippen LogP contribution in [0.5, 0.6) is 0 Å². The van der Waals surface area contributed by atoms with Crippen LogP contribution in [0.15, 0.2) is 17.0 Å². The van der Waals surface area contributed by atoms with E-state index in [-0.39, 0.29) is 27.4 Å². The number of nitrogens with one attached hydrogen (secondary N) is 1. The number of carbonyl (C=O) groups excluding carboxylic acids is 1. The molecule has 0 radical (unpaired) electrons. The second-order valence-electron chi connectivity index (χ2n) is 4.26. The summed E-state index contributed by atoms with van der Waals surface area (Å²) in [7, 11) is 1.36. The highest BCUT2D eigenvalue weighted by Crippen LogP contribution is 2.27. The molecule has 0 bridgehead atoms. The third kappa shape index (κ3) is 2.96. The number of hydrogen-bond donors (Lipinski definition) is 1. The van der Waals surface area contributed by atoms with Crippen molar-refractivity contribution in [1.29, 1.82) is 0 Å². The quantitative estimate of drug-likeness (QED) is 0.873. The van der Waals surface area contributed by atoms with E-state index in [0.717, 1.165) is 12.8 Å². The van der Waals surface area contributed by atoms with Gasteiger partial charge in [-0.3, -0.25) is 4.79 Å². The van der Waals surface area contributed by atoms with Gasteiger partial charge in [-0.25, -0.2) is 8.42 Å². The molecule has 1 N–H and O–H groups in total. The molecule has 7 heteroatoms. The van der Waals surface area contributed by atoms with Crippen molar-refractivity contribution >= 4 is 37.2 Å². The predicted octanol–water partition coefficient (Wildman–Crippen LogP) is 2.47. The molecule has 1 aliphatic rings. The normalized spacial score (nSPS) is 15.5. The molecule has 98 valence electrons. The van der Waals surface area contributed by atoms with Crippen molar-refractivity contribution in [2.24, 2.45) is 0 Å². The van der Waals surface area contributed by atoms with Crippen LogP contribution in [-0.2, 0) is 9.05 Å². The summed E-state index contributed by atoms with van der Waals surface area (Å²) in [4.78, 5) is 11.8. The average molecular weight is 308 g/mol. The Balaban J connectivity index is 2.44. The topological polar surface area (TPSA) is 63.2 Å². The predicted molar refractivity (Wildman–Crippen MR) is 69.7 cm³/mol. The van der Waals surface area contributed by atoms with Crippen LogP contribution in [0.4, 0.5) is 0 Å². The summed E-state index contributed by atoms with van der Waals surface area (Å²) in [5, 5.41) is 2.99. The van der Waals surface area contributed by atoms with E-state index >= 15 is 0 Å². The average Bonchev–Trinajstić information content (AvgIpc) is 3.03. The molecule has 1 amide bonds. The van der Waals surface area contributed by atoms with E-state index in [4.69, 9.17) is 22.3 Å². The van der Waals surface area contributed by atoms with Gasteiger partial charge in [0.15, 0.2) is 0 Å². The summed E-state index contributed by atoms with van der Waals surface area (Å²) >= 11 is 5.92. The lowest BCUT2D eigenvalue weighted by Crippen LogP contribution is -2.26. The van der Waals surface area contributed by atoms with E-state index in [1.165, 1.54) is 12.1 Å². The van der Waals surface area contributed by atoms with Gasteiger partial charge in [0.2, 0.25) is 0 Å². The Hall–Kier alpha value is -0.780. The van der Waals surface area contributed by atoms with E-state index in [1.54, 1.807) is 6.92 Å². The van der Waals surface area contributed by atoms with E-state index in [1.807, 2.05) is 0 Å². The number of halogens is 2. The Morgan fingerprint density at radius 1 is 1.39 bits per heavy atom. The lowest BCUT2D eigenvalue weighted by molar-refractivity contribution is 0.0950. The molecule has 1 aliphatic carbocycles. The van der Waals surface area contributed by atoms with Crippen LogP contribution < -0.4 is 5.32 Å². The van der Waals surface area contributed by atoms with Gasteiger partial charge in [-0.05, 0) is 37.5 Å². The van der Waals surface area contributed by atoms with E-state index in [9.17, 15) is 13.2 Å². The SMILES string of the molecule is Cc1c(Cl)cc(S(=O)(=O)Cl)cc1C(=O)NC1CC1. The Morgan fingerprint density at radius 3 is 2.50 bits per heavy atom. The van der Waals surface area contributed by atoms with Crippen LogP contribution in [0.2, 0.25) is 5.02 Å². The molecule has 1 saturated carbocycles. The molecule has 0 aliphatic heterocycles. The van der Waals surface area contributed by atoms with Crippen molar-refractivity contribution in [3.8, 4) is 0 Å². The first-order chi connectivity index (χ1) is 8.29. The van der Waals surface area contributed by atoms with Crippen LogP contribution in [0.1, 0.15) is 28.8 Å². The summed E-state index contributed by atoms with van der Waals surface area (Å²) in [6.07, 6.45) is 1.90. The first-order valence-electron chi connectivity index (χ1n) is 5.34. The Kier molecular flexibility index (Phi) is 3.58. The highest BCUT2D eigenvalue weighted by atomic mass is 35.7. The second kappa shape index (κ2) is 4.72. The maximum absolute atomic E-state index is 11.9. The Bertz CT molecular complexity index is 609. The van der Waals surface area contributed by atoms with Crippen LogP contribution in [0.25, 0.3) is 0 Å². The first-order valence-corrected chi connectivity index (χ1v) is 8.03. The smallest absolute Gasteiger partial charge is 0.261 e. The fraction of sp³-hybridized carbons (Fsp3) is 0.364. The zero-order valence-electron chi connectivity index (χ0n) is 9.54. The van der Waals surface area contributed by atoms with Gasteiger partial charge in [-0.1, -0.05) is 11.6 Å². The zero-order valence-corrected chi connectivity index (χ0v) is 11.9. The van der Waals surface area contributed by atoms with Crippen LogP contribution in [0.3, 0.4) is 0 Å². The molecule has 0 unspecified atom stereocenters. The van der Waals surface area contributed by atoms with Gasteiger partial charge >= 0.3 is 0 Å². The molecule has 0 spiro atoms. The van der Waals surface area contributed by atoms with Crippen molar-refractivity contribution in [2.45, 2.75) is 30.7 Å². The number of benzene rings is 1. The largest absolute Gasteiger partial charge is 0.349 e. The number of carbonyl (C=O) groups is 1. The highest BCUT2D eigenvalue weighted by molar-refractivity contribution is 8.13. The standard InChI is InChI=1S/C11H11Cl2NO3S/c1-6-9(11(15)14-7-2-3-7)4-8(5-10(6)12)18(13,16)17/h4-5,7H,2-3H2,1H3,(H,14,15). The molecule has 2 rings (SSSR count). The maximum atomic E-state index is 11.9. The van der Waals surface area contributed by atoms with Gasteiger partial charge in [0.25, 0.3) is 15.0 Å². The molecular formula is C11H11Cl2NO3S. The van der Waals surface area contributed by atoms with E-state index in [2.05, 4.69) is 5.32 Å². The highest BCUT2D eigenvalue weighted by Gasteiger charge is 2.26. The molecule has 0 heterocycles. The van der Waals surface area contributed by atoms with Gasteiger partial charge in [0, 0.05) is 27.3 Å². The third-order valence-electron chi connectivity index (χ3n) is 2.76. The number of amides is 1. The zero-order chi connectivity index (χ0) is 13.5. The minimum atomic E-state index is -3.90. The van der Waals surface area contributed by atoms with Crippen molar-refractivity contribution in [2.75, 3.05) is 0 Å². The minimum absolute atomic E-state index is 0.166. The lowest BCUT2D eigenvalue weighted by Gasteiger charge is -2.09. The van der Waals surface area contributed by atoms with Crippen LogP contribution in [0, 0.1) is 6.92 Å². The molecule has 1 aromatic rings. The van der Waals surface area contributed by atoms with Gasteiger partial charge in [0.05, 0.1) is 4.90 Å². The molecule has 0 aromatic heterocycles. The van der Waals surface area contributed by atoms with E-state index in [0.29, 0.717) is 5.56 Å². The third-order valence-corrected chi connectivity index (χ3v) is 4.48. The lowest BCUT2D eigenvalue weighted by atomic mass is 10.1. The minimum Gasteiger partial charge on any atom is -0.349 e. The van der Waals surface area contributed by atoms with Crippen molar-refractivity contribution in [1.82, 2.24) is 5.32 Å². The van der Waals surface area contributed by atoms with Crippen LogP contribution in [-0.4, -0.2) is 20.4 Å². The molecule has 18 heavy (non-hydrogen) atoms. The summed E-state index contributed by atoms with van der Waals surface area (Å²) < 4.78 is 22.6. The van der Waals surface area contributed by atoms with E-state index < -0.39 is 9.05 Å². The Labute approximate surface area is 115 Å². The van der Waals surface area contributed by atoms with Crippen LogP contribution >= 0.6 is 22.3 Å². The molecule has 0 saturated heterocycles. The molecule has 1 fully saturated rings. The van der Waals surface area contributed by atoms with Crippen molar-refractivity contribution < 1.29 is 13.2 Å². The van der Waals surface area contributed by atoms with Gasteiger partial charge < -0.3 is 5.32 Å². The van der Waals surface area contributed by atoms with Gasteiger partial charge in [0.1, 0.15) is 0 Å². The van der Waals surface area contributed by atoms with Gasteiger partial charge in [-0.15, -0.1) is 0 Å². The molecule has 1 aromatic carbocycles. The maximum Gasteiger partial charge on any atom is 0.261 e. The fourth-order valence-electron chi connectivity index (χ4n) is 1.52.